The Balaban J connectivity index is 2.09. The molecule has 2 rings (SSSR count). The van der Waals surface area contributed by atoms with Crippen molar-refractivity contribution < 1.29 is 4.39 Å². The van der Waals surface area contributed by atoms with Crippen molar-refractivity contribution in [3.63, 3.8) is 0 Å². The zero-order chi connectivity index (χ0) is 14.8. The topological polar surface area (TPSA) is 24.4 Å². The van der Waals surface area contributed by atoms with Gasteiger partial charge in [-0.3, -0.25) is 4.99 Å². The number of thioether (sulfide) groups is 1. The maximum absolute atomic E-state index is 13.6. The van der Waals surface area contributed by atoms with Gasteiger partial charge in [-0.2, -0.15) is 0 Å². The summed E-state index contributed by atoms with van der Waals surface area (Å²) in [4.78, 5) is 4.65. The van der Waals surface area contributed by atoms with Gasteiger partial charge in [-0.25, -0.2) is 4.39 Å². The second-order valence-electron chi connectivity index (χ2n) is 5.80. The Bertz CT molecular complexity index is 504. The van der Waals surface area contributed by atoms with Crippen molar-refractivity contribution in [3.8, 4) is 0 Å². The molecule has 1 atom stereocenters. The number of hydrogen-bond donors (Lipinski definition) is 1. The van der Waals surface area contributed by atoms with Crippen LogP contribution in [0.25, 0.3) is 0 Å². The van der Waals surface area contributed by atoms with Crippen molar-refractivity contribution in [3.05, 3.63) is 34.6 Å². The minimum absolute atomic E-state index is 0.106. The van der Waals surface area contributed by atoms with Crippen molar-refractivity contribution in [2.75, 3.05) is 5.75 Å². The fourth-order valence-corrected chi connectivity index (χ4v) is 3.59. The number of nitrogens with zero attached hydrogens (tertiary/aromatic N) is 1. The second-order valence-corrected chi connectivity index (χ2v) is 6.89. The molecule has 0 aromatic heterocycles. The molecule has 1 heterocycles. The van der Waals surface area contributed by atoms with Crippen LogP contribution in [0.3, 0.4) is 0 Å². The van der Waals surface area contributed by atoms with Crippen LogP contribution < -0.4 is 5.32 Å². The maximum Gasteiger partial charge on any atom is 0.157 e. The molecule has 1 aliphatic heterocycles. The summed E-state index contributed by atoms with van der Waals surface area (Å²) in [5.74, 6) is 1.00. The van der Waals surface area contributed by atoms with E-state index in [1.165, 1.54) is 6.42 Å². The van der Waals surface area contributed by atoms with Gasteiger partial charge >= 0.3 is 0 Å². The minimum Gasteiger partial charge on any atom is -0.360 e. The van der Waals surface area contributed by atoms with Gasteiger partial charge in [-0.05, 0) is 50.3 Å². The van der Waals surface area contributed by atoms with Crippen LogP contribution in [0.5, 0.6) is 0 Å². The lowest BCUT2D eigenvalue weighted by Crippen LogP contribution is -2.48. The van der Waals surface area contributed by atoms with Gasteiger partial charge in [0.15, 0.2) is 5.17 Å². The molecule has 20 heavy (non-hydrogen) atoms. The first-order chi connectivity index (χ1) is 9.43. The van der Waals surface area contributed by atoms with Crippen LogP contribution in [0.2, 0.25) is 0 Å². The summed E-state index contributed by atoms with van der Waals surface area (Å²) in [6.07, 6.45) is 2.27. The molecule has 2 nitrogen and oxygen atoms in total. The summed E-state index contributed by atoms with van der Waals surface area (Å²) < 4.78 is 13.6. The first-order valence-corrected chi connectivity index (χ1v) is 8.13. The molecule has 0 bridgehead atoms. The van der Waals surface area contributed by atoms with E-state index in [4.69, 9.17) is 0 Å². The van der Waals surface area contributed by atoms with Gasteiger partial charge in [0.2, 0.25) is 0 Å². The Morgan fingerprint density at radius 3 is 2.60 bits per heavy atom. The van der Waals surface area contributed by atoms with Crippen molar-refractivity contribution in [2.24, 2.45) is 4.99 Å². The average Bonchev–Trinajstić information content (AvgIpc) is 2.42. The van der Waals surface area contributed by atoms with Gasteiger partial charge in [-0.1, -0.05) is 30.8 Å². The van der Waals surface area contributed by atoms with Crippen LogP contribution in [-0.2, 0) is 6.54 Å². The van der Waals surface area contributed by atoms with E-state index in [0.29, 0.717) is 17.7 Å². The fraction of sp³-hybridized carbons (Fsp3) is 0.562. The lowest BCUT2D eigenvalue weighted by Gasteiger charge is -2.35. The predicted molar refractivity (Wildman–Crippen MR) is 85.9 cm³/mol. The smallest absolute Gasteiger partial charge is 0.157 e. The number of nitrogens with one attached hydrogen (secondary N) is 1. The van der Waals surface area contributed by atoms with E-state index in [-0.39, 0.29) is 11.4 Å². The highest BCUT2D eigenvalue weighted by molar-refractivity contribution is 8.13. The Labute approximate surface area is 125 Å². The number of halogens is 1. The van der Waals surface area contributed by atoms with Crippen molar-refractivity contribution in [2.45, 2.75) is 52.6 Å². The van der Waals surface area contributed by atoms with Crippen molar-refractivity contribution >= 4 is 16.9 Å². The molecule has 0 radical (unpaired) electrons. The van der Waals surface area contributed by atoms with Crippen LogP contribution in [-0.4, -0.2) is 16.5 Å². The van der Waals surface area contributed by atoms with Gasteiger partial charge in [0.25, 0.3) is 0 Å². The molecular weight excluding hydrogens is 271 g/mol. The largest absolute Gasteiger partial charge is 0.360 e. The number of rotatable bonds is 3. The normalized spacial score (nSPS) is 24.8. The van der Waals surface area contributed by atoms with E-state index < -0.39 is 0 Å². The van der Waals surface area contributed by atoms with Crippen LogP contribution in [0, 0.1) is 19.7 Å². The van der Waals surface area contributed by atoms with Gasteiger partial charge < -0.3 is 5.32 Å². The second kappa shape index (κ2) is 6.17. The molecular formula is C16H23FN2S. The zero-order valence-corrected chi connectivity index (χ0v) is 13.5. The molecule has 1 aliphatic rings. The SMILES string of the molecule is CCC1(C)CCSC(=NCc2cc(C)c(F)c(C)c2)N1. The predicted octanol–water partition coefficient (Wildman–Crippen LogP) is 4.19. The molecule has 1 fully saturated rings. The van der Waals surface area contributed by atoms with E-state index in [9.17, 15) is 4.39 Å². The van der Waals surface area contributed by atoms with Crippen LogP contribution in [0.15, 0.2) is 17.1 Å². The number of amidine groups is 1. The third-order valence-electron chi connectivity index (χ3n) is 3.98. The molecule has 4 heteroatoms. The van der Waals surface area contributed by atoms with Gasteiger partial charge in [-0.15, -0.1) is 0 Å². The maximum atomic E-state index is 13.6. The van der Waals surface area contributed by atoms with E-state index in [0.717, 1.165) is 22.9 Å². The zero-order valence-electron chi connectivity index (χ0n) is 12.7. The monoisotopic (exact) mass is 294 g/mol. The van der Waals surface area contributed by atoms with Gasteiger partial charge in [0.1, 0.15) is 5.82 Å². The molecule has 1 saturated heterocycles. The van der Waals surface area contributed by atoms with Crippen LogP contribution in [0.4, 0.5) is 4.39 Å². The summed E-state index contributed by atoms with van der Waals surface area (Å²) in [6, 6.07) is 3.78. The quantitative estimate of drug-likeness (QED) is 0.904. The number of aryl methyl sites for hydroxylation is 2. The first-order valence-electron chi connectivity index (χ1n) is 7.14. The summed E-state index contributed by atoms with van der Waals surface area (Å²) in [5.41, 5.74) is 2.63. The molecule has 1 aromatic rings. The highest BCUT2D eigenvalue weighted by atomic mass is 32.2. The van der Waals surface area contributed by atoms with E-state index in [2.05, 4.69) is 24.2 Å². The first kappa shape index (κ1) is 15.4. The highest BCUT2D eigenvalue weighted by Gasteiger charge is 2.27. The molecule has 0 amide bonds. The lowest BCUT2D eigenvalue weighted by atomic mass is 9.96. The Morgan fingerprint density at radius 2 is 2.00 bits per heavy atom. The minimum atomic E-state index is -0.106. The van der Waals surface area contributed by atoms with Crippen molar-refractivity contribution in [1.82, 2.24) is 5.32 Å². The Hall–Kier alpha value is -1.03. The third kappa shape index (κ3) is 3.54. The fourth-order valence-electron chi connectivity index (χ4n) is 2.37. The molecule has 1 N–H and O–H groups in total. The van der Waals surface area contributed by atoms with E-state index >= 15 is 0 Å². The summed E-state index contributed by atoms with van der Waals surface area (Å²) >= 11 is 1.78. The van der Waals surface area contributed by atoms with E-state index in [1.807, 2.05) is 12.1 Å². The summed E-state index contributed by atoms with van der Waals surface area (Å²) in [5, 5.41) is 4.54. The van der Waals surface area contributed by atoms with Gasteiger partial charge in [0.05, 0.1) is 6.54 Å². The highest BCUT2D eigenvalue weighted by Crippen LogP contribution is 2.25. The molecule has 0 aliphatic carbocycles. The molecule has 0 saturated carbocycles. The van der Waals surface area contributed by atoms with Crippen LogP contribution in [0.1, 0.15) is 43.4 Å². The average molecular weight is 294 g/mol. The molecule has 1 unspecified atom stereocenters. The molecule has 1 aromatic carbocycles. The third-order valence-corrected chi connectivity index (χ3v) is 4.90. The summed E-state index contributed by atoms with van der Waals surface area (Å²) in [7, 11) is 0. The molecule has 110 valence electrons. The van der Waals surface area contributed by atoms with E-state index in [1.54, 1.807) is 25.6 Å². The Kier molecular flexibility index (Phi) is 4.74. The van der Waals surface area contributed by atoms with Crippen LogP contribution >= 0.6 is 11.8 Å². The number of benzene rings is 1. The number of aliphatic imine (C=N–C) groups is 1. The summed E-state index contributed by atoms with van der Waals surface area (Å²) in [6.45, 7) is 8.67. The molecule has 0 spiro atoms. The number of hydrogen-bond acceptors (Lipinski definition) is 2. The Morgan fingerprint density at radius 1 is 1.35 bits per heavy atom. The van der Waals surface area contributed by atoms with Crippen molar-refractivity contribution in [1.29, 1.82) is 0 Å². The standard InChI is InChI=1S/C16H23FN2S/c1-5-16(4)6-7-20-15(19-16)18-10-13-8-11(2)14(17)12(3)9-13/h8-9H,5-7,10H2,1-4H3,(H,18,19). The van der Waals surface area contributed by atoms with Gasteiger partial charge in [0, 0.05) is 11.3 Å². The lowest BCUT2D eigenvalue weighted by molar-refractivity contribution is 0.390.